The van der Waals surface area contributed by atoms with Crippen LogP contribution in [0.1, 0.15) is 102 Å². The molecule has 2 aromatic carbocycles. The molecule has 0 aromatic heterocycles. The maximum atomic E-state index is 15.0. The Hall–Kier alpha value is -2.26. The van der Waals surface area contributed by atoms with Gasteiger partial charge < -0.3 is 44.7 Å². The van der Waals surface area contributed by atoms with Crippen LogP contribution in [0.15, 0.2) is 71.8 Å². The Morgan fingerprint density at radius 1 is 1.03 bits per heavy atom. The minimum absolute atomic E-state index is 0. The van der Waals surface area contributed by atoms with E-state index in [-0.39, 0.29) is 79.1 Å². The van der Waals surface area contributed by atoms with E-state index in [4.69, 9.17) is 31.2 Å². The van der Waals surface area contributed by atoms with Gasteiger partial charge in [-0.2, -0.15) is 0 Å². The number of benzene rings is 2. The van der Waals surface area contributed by atoms with E-state index in [1.165, 1.54) is 18.7 Å². The summed E-state index contributed by atoms with van der Waals surface area (Å²) in [5.41, 5.74) is -6.17. The zero-order valence-corrected chi connectivity index (χ0v) is 41.7. The summed E-state index contributed by atoms with van der Waals surface area (Å²) in [6.45, 7) is 8.41. The molecule has 329 valence electrons. The zero-order valence-electron chi connectivity index (χ0n) is 35.3. The van der Waals surface area contributed by atoms with E-state index in [9.17, 15) is 39.6 Å². The summed E-state index contributed by atoms with van der Waals surface area (Å²) in [5.74, 6) is -3.20. The monoisotopic (exact) mass is 1090 g/mol. The molecule has 1 aliphatic heterocycles. The van der Waals surface area contributed by atoms with Crippen LogP contribution in [0.5, 0.6) is 0 Å². The molecule has 2 bridgehead atoms. The van der Waals surface area contributed by atoms with E-state index < -0.39 is 94.7 Å². The van der Waals surface area contributed by atoms with Gasteiger partial charge in [-0.3, -0.25) is 14.4 Å². The number of rotatable bonds is 15. The Bertz CT molecular complexity index is 1950. The van der Waals surface area contributed by atoms with Crippen molar-refractivity contribution in [3.63, 3.8) is 0 Å². The molecule has 1 radical (unpaired) electrons. The molecule has 4 aliphatic rings. The molecule has 1 heterocycles. The number of amides is 1. The van der Waals surface area contributed by atoms with Crippen molar-refractivity contribution < 1.29 is 103 Å². The molecule has 61 heavy (non-hydrogen) atoms. The fourth-order valence-electron chi connectivity index (χ4n) is 10.0. The Balaban J connectivity index is 0.00000704. The fraction of sp³-hybridized carbons (Fsp3) is 0.578. The van der Waals surface area contributed by atoms with Crippen molar-refractivity contribution >= 4 is 52.5 Å². The third kappa shape index (κ3) is 9.19. The maximum Gasteiger partial charge on any atom is 0.338 e. The Morgan fingerprint density at radius 2 is 1.67 bits per heavy atom. The predicted octanol–water partition coefficient (Wildman–Crippen LogP) is 4.92. The van der Waals surface area contributed by atoms with Gasteiger partial charge in [0, 0.05) is 73.6 Å². The molecular formula is C45H57AcNO12S2. The molecule has 5 N–H and O–H groups in total. The molecule has 1 amide bonds. The first-order valence-electron chi connectivity index (χ1n) is 20.7. The smallest absolute Gasteiger partial charge is 0.338 e. The number of hydrogen-bond acceptors (Lipinski definition) is 14. The van der Waals surface area contributed by atoms with Gasteiger partial charge in [0.1, 0.15) is 30.0 Å². The van der Waals surface area contributed by atoms with Crippen LogP contribution in [0.4, 0.5) is 0 Å². The molecule has 16 heteroatoms. The van der Waals surface area contributed by atoms with Crippen LogP contribution in [-0.2, 0) is 33.3 Å². The van der Waals surface area contributed by atoms with Crippen molar-refractivity contribution in [3.05, 3.63) is 82.9 Å². The van der Waals surface area contributed by atoms with Crippen LogP contribution in [0.3, 0.4) is 0 Å². The molecule has 1 unspecified atom stereocenters. The first-order valence-corrected chi connectivity index (χ1v) is 22.1. The number of ether oxygens (including phenoxy) is 4. The van der Waals surface area contributed by atoms with Crippen molar-refractivity contribution in [2.75, 3.05) is 12.4 Å². The topological polar surface area (TPSA) is 198 Å². The minimum atomic E-state index is -2.21. The number of carbonyl (C=O) groups excluding carboxylic acids is 4. The third-order valence-electron chi connectivity index (χ3n) is 13.6. The first kappa shape index (κ1) is 49.8. The number of thioether (sulfide) groups is 1. The molecule has 2 aromatic rings. The van der Waals surface area contributed by atoms with E-state index in [0.29, 0.717) is 16.9 Å². The van der Waals surface area contributed by atoms with E-state index in [1.54, 1.807) is 81.4 Å². The fourth-order valence-corrected chi connectivity index (χ4v) is 11.2. The molecule has 11 atom stereocenters. The largest absolute Gasteiger partial charge is 0.466 e. The minimum Gasteiger partial charge on any atom is -0.466 e. The normalized spacial score (nSPS) is 32.2. The molecule has 6 rings (SSSR count). The van der Waals surface area contributed by atoms with Crippen LogP contribution in [-0.4, -0.2) is 109 Å². The van der Waals surface area contributed by atoms with E-state index >= 15 is 0 Å². The number of fused-ring (bicyclic) bond motifs is 5. The van der Waals surface area contributed by atoms with Gasteiger partial charge in [-0.1, -0.05) is 107 Å². The van der Waals surface area contributed by atoms with Gasteiger partial charge in [-0.25, -0.2) is 4.79 Å². The van der Waals surface area contributed by atoms with Gasteiger partial charge in [0.05, 0.1) is 30.1 Å². The summed E-state index contributed by atoms with van der Waals surface area (Å²) >= 11 is 7.07. The van der Waals surface area contributed by atoms with Crippen molar-refractivity contribution in [1.29, 1.82) is 0 Å². The van der Waals surface area contributed by atoms with Gasteiger partial charge in [-0.15, -0.1) is 0 Å². The Kier molecular flexibility index (Phi) is 16.5. The number of carbonyl (C=O) groups is 4. The van der Waals surface area contributed by atoms with Crippen LogP contribution < -0.4 is 5.32 Å². The molecule has 13 nitrogen and oxygen atoms in total. The number of nitrogens with one attached hydrogen (secondary N) is 1. The molecule has 1 saturated heterocycles. The second-order valence-corrected chi connectivity index (χ2v) is 18.9. The quantitative estimate of drug-likeness (QED) is 0.0530. The standard InChI is InChI=1S/C45H57NO12S2.Ac/c1-6-7-8-9-16-21-60-41(59)58-44-24-55-31(44)22-30(48)43(5)36(44)38(56-25-47)45(54)23-29(26(2)32(42(45,3)4)34(49)37(43)51)57-40(53)35(50)33(27-17-12-10-13-18-27)46-39(52)28-19-14-11-15-20-28;/h10-15,17-20,25,29-31,33-36,38,48-50,54H,6-9,16,21-24H2,1-5H3,(H,46,52);/t29-,30-,31?,33-,34+,35+,36-,38-,43+,44-,45+;/m0./s1. The zero-order chi connectivity index (χ0) is 43.6. The molecule has 0 spiro atoms. The van der Waals surface area contributed by atoms with Gasteiger partial charge in [0.2, 0.25) is 4.38 Å². The maximum absolute atomic E-state index is 15.0. The van der Waals surface area contributed by atoms with Crippen molar-refractivity contribution in [3.8, 4) is 0 Å². The number of hydrogen-bond donors (Lipinski definition) is 5. The number of esters is 1. The molecule has 3 aliphatic carbocycles. The first-order chi connectivity index (χ1) is 28.5. The SMILES string of the molecule is CCCCCCCSC(=S)O[C@@]12COC1C[C@H](O)[C@@]1(C)C(=O)[C@H](O)C3=C(C)[C@@H](OC(=O)[C@H](O)[C@@H](NC(=O)c4ccccc4)c4ccccc4)C[C@@](O)([C@@H](OC=O)[C@@H]12)C3(C)C.[Ac]. The Morgan fingerprint density at radius 3 is 2.28 bits per heavy atom. The number of thiocarbonyl (C=S) groups is 1. The molecular weight excluding hydrogens is 1040 g/mol. The van der Waals surface area contributed by atoms with Crippen LogP contribution >= 0.6 is 24.0 Å². The third-order valence-corrected chi connectivity index (χ3v) is 14.8. The van der Waals surface area contributed by atoms with Crippen LogP contribution in [0.2, 0.25) is 0 Å². The average molecular weight is 1100 g/mol. The Labute approximate surface area is 402 Å². The van der Waals surface area contributed by atoms with Crippen molar-refractivity contribution in [2.45, 2.75) is 133 Å². The summed E-state index contributed by atoms with van der Waals surface area (Å²) in [6.07, 6.45) is -4.40. The van der Waals surface area contributed by atoms with Crippen LogP contribution in [0, 0.1) is 60.8 Å². The number of aliphatic hydroxyl groups is 4. The number of unbranched alkanes of at least 4 members (excludes halogenated alkanes) is 4. The van der Waals surface area contributed by atoms with E-state index in [1.807, 2.05) is 0 Å². The summed E-state index contributed by atoms with van der Waals surface area (Å²) in [4.78, 5) is 55.0. The van der Waals surface area contributed by atoms with Crippen LogP contribution in [0.25, 0.3) is 0 Å². The summed E-state index contributed by atoms with van der Waals surface area (Å²) in [6, 6.07) is 15.4. The molecule has 2 saturated carbocycles. The average Bonchev–Trinajstić information content (AvgIpc) is 3.22. The van der Waals surface area contributed by atoms with Gasteiger partial charge in [0.25, 0.3) is 12.4 Å². The van der Waals surface area contributed by atoms with Gasteiger partial charge in [-0.05, 0) is 61.3 Å². The summed E-state index contributed by atoms with van der Waals surface area (Å²) in [5, 5.41) is 51.8. The van der Waals surface area contributed by atoms with Gasteiger partial charge >= 0.3 is 5.97 Å². The number of Topliss-reactive ketones (excluding diaryl/α,β-unsaturated/α-hetero) is 1. The summed E-state index contributed by atoms with van der Waals surface area (Å²) in [7, 11) is 0. The van der Waals surface area contributed by atoms with Crippen molar-refractivity contribution in [2.24, 2.45) is 16.7 Å². The van der Waals surface area contributed by atoms with E-state index in [0.717, 1.165) is 32.1 Å². The second-order valence-electron chi connectivity index (χ2n) is 17.2. The van der Waals surface area contributed by atoms with Crippen molar-refractivity contribution in [1.82, 2.24) is 5.32 Å². The summed E-state index contributed by atoms with van der Waals surface area (Å²) < 4.78 is 24.7. The number of aliphatic hydroxyl groups excluding tert-OH is 3. The molecule has 3 fully saturated rings. The van der Waals surface area contributed by atoms with E-state index in [2.05, 4.69) is 12.2 Å². The number of ketones is 1. The van der Waals surface area contributed by atoms with Gasteiger partial charge in [0.15, 0.2) is 17.5 Å². The second kappa shape index (κ2) is 20.3. The predicted molar refractivity (Wildman–Crippen MR) is 227 cm³/mol.